The van der Waals surface area contributed by atoms with Crippen LogP contribution in [0.3, 0.4) is 0 Å². The van der Waals surface area contributed by atoms with E-state index in [-0.39, 0.29) is 5.84 Å². The molecule has 94 valence electrons. The summed E-state index contributed by atoms with van der Waals surface area (Å²) in [7, 11) is 3.85. The fraction of sp³-hybridized carbons (Fsp3) is 0.273. The van der Waals surface area contributed by atoms with Crippen LogP contribution in [0.5, 0.6) is 0 Å². The molecule has 0 bridgehead atoms. The summed E-state index contributed by atoms with van der Waals surface area (Å²) >= 11 is 0. The lowest BCUT2D eigenvalue weighted by atomic mass is 10.4. The minimum absolute atomic E-state index is 0.0826. The third-order valence-corrected chi connectivity index (χ3v) is 2.60. The zero-order chi connectivity index (χ0) is 13.1. The van der Waals surface area contributed by atoms with Gasteiger partial charge in [-0.3, -0.25) is 5.41 Å². The highest BCUT2D eigenvalue weighted by molar-refractivity contribution is 5.92. The standard InChI is InChI=1S/C11H15N7/c1-17-4-3-14-10(17)7-18(2)9-6-15-8(5-16-9)11(12)13/h3-6H,7H2,1-2H3,(H3,12,13). The van der Waals surface area contributed by atoms with E-state index >= 15 is 0 Å². The molecule has 0 aliphatic heterocycles. The number of imidazole rings is 1. The molecule has 2 rings (SSSR count). The van der Waals surface area contributed by atoms with Gasteiger partial charge in [-0.2, -0.15) is 0 Å². The van der Waals surface area contributed by atoms with Gasteiger partial charge in [0.1, 0.15) is 23.2 Å². The topological polar surface area (TPSA) is 96.7 Å². The molecule has 7 heteroatoms. The molecule has 2 heterocycles. The van der Waals surface area contributed by atoms with E-state index in [9.17, 15) is 0 Å². The zero-order valence-electron chi connectivity index (χ0n) is 10.3. The average Bonchev–Trinajstić information content (AvgIpc) is 2.75. The third kappa shape index (κ3) is 2.45. The van der Waals surface area contributed by atoms with Gasteiger partial charge in [0.05, 0.1) is 18.9 Å². The van der Waals surface area contributed by atoms with Crippen LogP contribution in [0, 0.1) is 5.41 Å². The van der Waals surface area contributed by atoms with E-state index in [1.165, 1.54) is 6.20 Å². The zero-order valence-corrected chi connectivity index (χ0v) is 10.3. The summed E-state index contributed by atoms with van der Waals surface area (Å²) in [5.41, 5.74) is 5.70. The van der Waals surface area contributed by atoms with Gasteiger partial charge in [0.25, 0.3) is 0 Å². The fourth-order valence-corrected chi connectivity index (χ4v) is 1.50. The maximum atomic E-state index is 7.25. The molecule has 0 saturated carbocycles. The fourth-order valence-electron chi connectivity index (χ4n) is 1.50. The second kappa shape index (κ2) is 4.82. The van der Waals surface area contributed by atoms with Crippen molar-refractivity contribution in [3.8, 4) is 0 Å². The molecular formula is C11H15N7. The Kier molecular flexibility index (Phi) is 3.22. The number of nitrogens with one attached hydrogen (secondary N) is 1. The molecule has 0 aliphatic carbocycles. The summed E-state index contributed by atoms with van der Waals surface area (Å²) in [4.78, 5) is 14.5. The molecule has 18 heavy (non-hydrogen) atoms. The SMILES string of the molecule is CN(Cc1nccn1C)c1cnc(C(=N)N)cn1. The highest BCUT2D eigenvalue weighted by atomic mass is 15.2. The number of aryl methyl sites for hydroxylation is 1. The highest BCUT2D eigenvalue weighted by Crippen LogP contribution is 2.10. The van der Waals surface area contributed by atoms with E-state index in [4.69, 9.17) is 11.1 Å². The molecule has 0 saturated heterocycles. The van der Waals surface area contributed by atoms with Gasteiger partial charge in [-0.25, -0.2) is 15.0 Å². The van der Waals surface area contributed by atoms with E-state index in [0.717, 1.165) is 5.82 Å². The molecule has 7 nitrogen and oxygen atoms in total. The molecule has 0 aliphatic rings. The first-order chi connectivity index (χ1) is 8.58. The number of nitrogens with two attached hydrogens (primary N) is 1. The van der Waals surface area contributed by atoms with Gasteiger partial charge >= 0.3 is 0 Å². The summed E-state index contributed by atoms with van der Waals surface area (Å²) in [5, 5.41) is 7.25. The lowest BCUT2D eigenvalue weighted by Crippen LogP contribution is -2.21. The summed E-state index contributed by atoms with van der Waals surface area (Å²) in [6.07, 6.45) is 6.74. The molecule has 0 unspecified atom stereocenters. The normalized spacial score (nSPS) is 10.3. The van der Waals surface area contributed by atoms with Gasteiger partial charge in [0, 0.05) is 26.5 Å². The largest absolute Gasteiger partial charge is 0.382 e. The summed E-state index contributed by atoms with van der Waals surface area (Å²) in [5.74, 6) is 1.57. The monoisotopic (exact) mass is 245 g/mol. The van der Waals surface area contributed by atoms with Gasteiger partial charge in [0.2, 0.25) is 0 Å². The van der Waals surface area contributed by atoms with Crippen LogP contribution in [-0.2, 0) is 13.6 Å². The maximum Gasteiger partial charge on any atom is 0.147 e. The van der Waals surface area contributed by atoms with Crippen LogP contribution in [0.2, 0.25) is 0 Å². The lowest BCUT2D eigenvalue weighted by Gasteiger charge is -2.17. The van der Waals surface area contributed by atoms with E-state index in [0.29, 0.717) is 18.1 Å². The lowest BCUT2D eigenvalue weighted by molar-refractivity contribution is 0.754. The quantitative estimate of drug-likeness (QED) is 0.589. The van der Waals surface area contributed by atoms with Crippen LogP contribution in [0.15, 0.2) is 24.8 Å². The molecule has 0 atom stereocenters. The molecular weight excluding hydrogens is 230 g/mol. The smallest absolute Gasteiger partial charge is 0.147 e. The summed E-state index contributed by atoms with van der Waals surface area (Å²) in [6.45, 7) is 0.637. The summed E-state index contributed by atoms with van der Waals surface area (Å²) in [6, 6.07) is 0. The Morgan fingerprint density at radius 2 is 2.17 bits per heavy atom. The van der Waals surface area contributed by atoms with Crippen LogP contribution < -0.4 is 10.6 Å². The Labute approximate surface area is 105 Å². The van der Waals surface area contributed by atoms with Crippen LogP contribution in [0.1, 0.15) is 11.5 Å². The van der Waals surface area contributed by atoms with Gasteiger partial charge in [-0.15, -0.1) is 0 Å². The molecule has 0 amide bonds. The molecule has 0 spiro atoms. The average molecular weight is 245 g/mol. The molecule has 0 aromatic carbocycles. The molecule has 2 aromatic rings. The van der Waals surface area contributed by atoms with Crippen LogP contribution >= 0.6 is 0 Å². The van der Waals surface area contributed by atoms with Crippen LogP contribution in [0.25, 0.3) is 0 Å². The van der Waals surface area contributed by atoms with E-state index in [2.05, 4.69) is 15.0 Å². The van der Waals surface area contributed by atoms with E-state index in [1.54, 1.807) is 12.4 Å². The van der Waals surface area contributed by atoms with Gasteiger partial charge < -0.3 is 15.2 Å². The predicted octanol–water partition coefficient (Wildman–Crippen LogP) is 0.131. The van der Waals surface area contributed by atoms with Crippen molar-refractivity contribution in [1.29, 1.82) is 5.41 Å². The van der Waals surface area contributed by atoms with E-state index < -0.39 is 0 Å². The van der Waals surface area contributed by atoms with Crippen LogP contribution in [-0.4, -0.2) is 32.4 Å². The van der Waals surface area contributed by atoms with Crippen molar-refractivity contribution >= 4 is 11.7 Å². The number of nitrogen functional groups attached to an aromatic ring is 1. The first-order valence-electron chi connectivity index (χ1n) is 5.41. The van der Waals surface area contributed by atoms with Gasteiger partial charge in [-0.05, 0) is 0 Å². The first-order valence-corrected chi connectivity index (χ1v) is 5.41. The van der Waals surface area contributed by atoms with Crippen molar-refractivity contribution in [2.24, 2.45) is 12.8 Å². The van der Waals surface area contributed by atoms with Crippen molar-refractivity contribution < 1.29 is 0 Å². The van der Waals surface area contributed by atoms with Crippen molar-refractivity contribution in [1.82, 2.24) is 19.5 Å². The van der Waals surface area contributed by atoms with Gasteiger partial charge in [0.15, 0.2) is 0 Å². The second-order valence-electron chi connectivity index (χ2n) is 3.98. The minimum atomic E-state index is -0.0826. The number of aromatic nitrogens is 4. The first kappa shape index (κ1) is 12.0. The number of anilines is 1. The number of hydrogen-bond donors (Lipinski definition) is 2. The molecule has 0 fully saturated rings. The minimum Gasteiger partial charge on any atom is -0.382 e. The Hall–Kier alpha value is -2.44. The third-order valence-electron chi connectivity index (χ3n) is 2.60. The highest BCUT2D eigenvalue weighted by Gasteiger charge is 2.08. The number of rotatable bonds is 4. The van der Waals surface area contributed by atoms with Gasteiger partial charge in [-0.1, -0.05) is 0 Å². The molecule has 3 N–H and O–H groups in total. The molecule has 2 aromatic heterocycles. The van der Waals surface area contributed by atoms with Crippen molar-refractivity contribution in [2.45, 2.75) is 6.54 Å². The van der Waals surface area contributed by atoms with Crippen LogP contribution in [0.4, 0.5) is 5.82 Å². The Morgan fingerprint density at radius 1 is 1.39 bits per heavy atom. The Balaban J connectivity index is 2.12. The molecule has 0 radical (unpaired) electrons. The Bertz CT molecular complexity index is 543. The summed E-state index contributed by atoms with van der Waals surface area (Å²) < 4.78 is 1.95. The van der Waals surface area contributed by atoms with E-state index in [1.807, 2.05) is 29.8 Å². The predicted molar refractivity (Wildman–Crippen MR) is 68.4 cm³/mol. The second-order valence-corrected chi connectivity index (χ2v) is 3.98. The van der Waals surface area contributed by atoms with Crippen molar-refractivity contribution in [2.75, 3.05) is 11.9 Å². The maximum absolute atomic E-state index is 7.25. The Morgan fingerprint density at radius 3 is 2.67 bits per heavy atom. The van der Waals surface area contributed by atoms with Crippen molar-refractivity contribution in [3.63, 3.8) is 0 Å². The number of amidine groups is 1. The van der Waals surface area contributed by atoms with Crippen molar-refractivity contribution in [3.05, 3.63) is 36.3 Å². The number of nitrogens with zero attached hydrogens (tertiary/aromatic N) is 5. The number of hydrogen-bond acceptors (Lipinski definition) is 5.